The van der Waals surface area contributed by atoms with Crippen LogP contribution < -0.4 is 0 Å². The molecule has 2 aromatic carbocycles. The fourth-order valence-electron chi connectivity index (χ4n) is 2.24. The molecule has 5 heteroatoms. The fourth-order valence-corrected chi connectivity index (χ4v) is 2.96. The maximum Gasteiger partial charge on any atom is 0.250 e. The summed E-state index contributed by atoms with van der Waals surface area (Å²) in [7, 11) is 0. The van der Waals surface area contributed by atoms with Gasteiger partial charge in [-0.3, -0.25) is 8.98 Å². The molecule has 24 heavy (non-hydrogen) atoms. The van der Waals surface area contributed by atoms with Crippen LogP contribution >= 0.6 is 0 Å². The van der Waals surface area contributed by atoms with Crippen molar-refractivity contribution in [2.45, 2.75) is 31.2 Å². The highest BCUT2D eigenvalue weighted by Crippen LogP contribution is 2.09. The Balaban J connectivity index is 1.93. The van der Waals surface area contributed by atoms with Gasteiger partial charge in [0.25, 0.3) is 0 Å². The third-order valence-electron chi connectivity index (χ3n) is 3.58. The number of amides is 1. The van der Waals surface area contributed by atoms with E-state index in [-0.39, 0.29) is 12.5 Å². The Morgan fingerprint density at radius 1 is 1.04 bits per heavy atom. The molecule has 0 saturated carbocycles. The Bertz CT molecular complexity index is 646. The van der Waals surface area contributed by atoms with Gasteiger partial charge in [-0.15, -0.1) is 0 Å². The molecule has 2 aromatic rings. The van der Waals surface area contributed by atoms with Gasteiger partial charge in [0.2, 0.25) is 5.91 Å². The average molecular weight is 345 g/mol. The summed E-state index contributed by atoms with van der Waals surface area (Å²) in [5.74, 6) is -0.142. The van der Waals surface area contributed by atoms with Crippen molar-refractivity contribution in [1.82, 2.24) is 4.90 Å². The number of hydrogen-bond acceptors (Lipinski definition) is 3. The van der Waals surface area contributed by atoms with E-state index in [1.165, 1.54) is 0 Å². The van der Waals surface area contributed by atoms with Gasteiger partial charge in [-0.2, -0.15) is 0 Å². The number of rotatable bonds is 9. The van der Waals surface area contributed by atoms with Crippen molar-refractivity contribution < 1.29 is 13.2 Å². The van der Waals surface area contributed by atoms with Crippen molar-refractivity contribution in [1.29, 1.82) is 0 Å². The summed E-state index contributed by atoms with van der Waals surface area (Å²) in [5.41, 5.74) is 1.08. The van der Waals surface area contributed by atoms with E-state index >= 15 is 0 Å². The number of carbonyl (C=O) groups excluding carboxylic acids is 1. The molecule has 1 unspecified atom stereocenters. The van der Waals surface area contributed by atoms with Gasteiger partial charge < -0.3 is 4.90 Å². The minimum absolute atomic E-state index is 0.142. The fraction of sp³-hybridized carbons (Fsp3) is 0.316. The number of hydrogen-bond donors (Lipinski definition) is 0. The molecule has 2 rings (SSSR count). The predicted molar refractivity (Wildman–Crippen MR) is 95.6 cm³/mol. The van der Waals surface area contributed by atoms with E-state index in [1.54, 1.807) is 29.2 Å². The monoisotopic (exact) mass is 345 g/mol. The van der Waals surface area contributed by atoms with Crippen LogP contribution in [0.4, 0.5) is 0 Å². The van der Waals surface area contributed by atoms with E-state index < -0.39 is 11.1 Å². The number of nitrogens with zero attached hydrogens (tertiary/aromatic N) is 1. The lowest BCUT2D eigenvalue weighted by Crippen LogP contribution is -2.34. The lowest BCUT2D eigenvalue weighted by molar-refractivity contribution is -0.133. The molecule has 0 radical (unpaired) electrons. The highest BCUT2D eigenvalue weighted by molar-refractivity contribution is 7.80. The molecule has 0 bridgehead atoms. The predicted octanol–water partition coefficient (Wildman–Crippen LogP) is 3.55. The van der Waals surface area contributed by atoms with Gasteiger partial charge >= 0.3 is 0 Å². The van der Waals surface area contributed by atoms with Crippen LogP contribution in [0.2, 0.25) is 0 Å². The third-order valence-corrected chi connectivity index (χ3v) is 4.56. The Labute approximate surface area is 146 Å². The molecule has 0 N–H and O–H groups in total. The molecule has 1 amide bonds. The van der Waals surface area contributed by atoms with Crippen LogP contribution in [0, 0.1) is 0 Å². The lowest BCUT2D eigenvalue weighted by Gasteiger charge is -2.22. The second-order valence-corrected chi connectivity index (χ2v) is 6.64. The first kappa shape index (κ1) is 18.4. The number of carbonyl (C=O) groups is 1. The third kappa shape index (κ3) is 5.91. The molecule has 0 aromatic heterocycles. The molecular formula is C19H23NO3S. The second kappa shape index (κ2) is 10.0. The SMILES string of the molecule is CCCCN(Cc1ccccc1)C(=O)COS(=O)c1ccccc1. The maximum absolute atomic E-state index is 12.5. The van der Waals surface area contributed by atoms with Gasteiger partial charge in [-0.05, 0) is 24.1 Å². The van der Waals surface area contributed by atoms with Crippen LogP contribution in [0.5, 0.6) is 0 Å². The largest absolute Gasteiger partial charge is 0.336 e. The summed E-state index contributed by atoms with van der Waals surface area (Å²) in [6.07, 6.45) is 1.94. The van der Waals surface area contributed by atoms with E-state index in [9.17, 15) is 9.00 Å². The van der Waals surface area contributed by atoms with Crippen molar-refractivity contribution in [3.8, 4) is 0 Å². The standard InChI is InChI=1S/C19H23NO3S/c1-2-3-14-20(15-17-10-6-4-7-11-17)19(21)16-23-24(22)18-12-8-5-9-13-18/h4-13H,2-3,14-16H2,1H3. The molecule has 0 aliphatic heterocycles. The first-order valence-electron chi connectivity index (χ1n) is 8.12. The van der Waals surface area contributed by atoms with Crippen molar-refractivity contribution in [3.63, 3.8) is 0 Å². The maximum atomic E-state index is 12.5. The minimum Gasteiger partial charge on any atom is -0.336 e. The van der Waals surface area contributed by atoms with E-state index in [2.05, 4.69) is 6.92 Å². The summed E-state index contributed by atoms with van der Waals surface area (Å²) in [4.78, 5) is 14.8. The van der Waals surface area contributed by atoms with Crippen molar-refractivity contribution in [2.24, 2.45) is 0 Å². The Morgan fingerprint density at radius 3 is 2.29 bits per heavy atom. The van der Waals surface area contributed by atoms with E-state index in [1.807, 2.05) is 36.4 Å². The molecule has 1 atom stereocenters. The molecule has 128 valence electrons. The van der Waals surface area contributed by atoms with E-state index in [4.69, 9.17) is 4.18 Å². The second-order valence-electron chi connectivity index (χ2n) is 5.46. The number of unbranched alkanes of at least 4 members (excludes halogenated alkanes) is 1. The molecule has 0 spiro atoms. The summed E-state index contributed by atoms with van der Waals surface area (Å²) < 4.78 is 17.3. The molecule has 0 aliphatic rings. The van der Waals surface area contributed by atoms with Crippen molar-refractivity contribution in [3.05, 3.63) is 66.2 Å². The van der Waals surface area contributed by atoms with Gasteiger partial charge in [0.15, 0.2) is 11.1 Å². The lowest BCUT2D eigenvalue weighted by atomic mass is 10.2. The van der Waals surface area contributed by atoms with Crippen LogP contribution in [0.3, 0.4) is 0 Å². The van der Waals surface area contributed by atoms with E-state index in [0.29, 0.717) is 18.0 Å². The van der Waals surface area contributed by atoms with Crippen LogP contribution in [-0.4, -0.2) is 28.2 Å². The van der Waals surface area contributed by atoms with Crippen LogP contribution in [0.1, 0.15) is 25.3 Å². The Kier molecular flexibility index (Phi) is 7.65. The molecule has 4 nitrogen and oxygen atoms in total. The van der Waals surface area contributed by atoms with E-state index in [0.717, 1.165) is 18.4 Å². The van der Waals surface area contributed by atoms with Gasteiger partial charge in [-0.25, -0.2) is 4.21 Å². The molecule has 0 fully saturated rings. The Hall–Kier alpha value is -1.98. The quantitative estimate of drug-likeness (QED) is 0.698. The highest BCUT2D eigenvalue weighted by atomic mass is 32.2. The normalized spacial score (nSPS) is 11.9. The molecule has 0 saturated heterocycles. The highest BCUT2D eigenvalue weighted by Gasteiger charge is 2.16. The zero-order valence-corrected chi connectivity index (χ0v) is 14.7. The molecule has 0 heterocycles. The van der Waals surface area contributed by atoms with Crippen LogP contribution in [0.25, 0.3) is 0 Å². The summed E-state index contributed by atoms with van der Waals surface area (Å²) in [6.45, 7) is 3.12. The first-order valence-corrected chi connectivity index (χ1v) is 9.20. The molecular weight excluding hydrogens is 322 g/mol. The van der Waals surface area contributed by atoms with Gasteiger partial charge in [0.1, 0.15) is 6.61 Å². The van der Waals surface area contributed by atoms with Gasteiger partial charge in [0, 0.05) is 13.1 Å². The van der Waals surface area contributed by atoms with Crippen LogP contribution in [-0.2, 0) is 26.6 Å². The van der Waals surface area contributed by atoms with Crippen LogP contribution in [0.15, 0.2) is 65.6 Å². The molecule has 0 aliphatic carbocycles. The van der Waals surface area contributed by atoms with Crippen molar-refractivity contribution >= 4 is 17.0 Å². The summed E-state index contributed by atoms with van der Waals surface area (Å²) >= 11 is -1.62. The minimum atomic E-state index is -1.62. The number of benzene rings is 2. The summed E-state index contributed by atoms with van der Waals surface area (Å²) in [5, 5.41) is 0. The Morgan fingerprint density at radius 2 is 1.67 bits per heavy atom. The average Bonchev–Trinajstić information content (AvgIpc) is 2.64. The zero-order chi connectivity index (χ0) is 17.2. The summed E-state index contributed by atoms with van der Waals surface area (Å²) in [6, 6.07) is 18.7. The van der Waals surface area contributed by atoms with Crippen molar-refractivity contribution in [2.75, 3.05) is 13.2 Å². The van der Waals surface area contributed by atoms with Gasteiger partial charge in [0.05, 0.1) is 4.90 Å². The topological polar surface area (TPSA) is 46.6 Å². The smallest absolute Gasteiger partial charge is 0.250 e. The van der Waals surface area contributed by atoms with Gasteiger partial charge in [-0.1, -0.05) is 61.9 Å². The zero-order valence-electron chi connectivity index (χ0n) is 13.9. The first-order chi connectivity index (χ1) is 11.7.